The van der Waals surface area contributed by atoms with Crippen LogP contribution in [0.1, 0.15) is 0 Å². The van der Waals surface area contributed by atoms with Crippen LogP contribution in [0.4, 0.5) is 22.0 Å². The van der Waals surface area contributed by atoms with Gasteiger partial charge in [-0.2, -0.15) is 0 Å². The lowest BCUT2D eigenvalue weighted by atomic mass is 10.1. The lowest BCUT2D eigenvalue weighted by Gasteiger charge is -2.11. The number of anilines is 3. The molecular weight excluding hydrogens is 345 g/mol. The number of pyridine rings is 1. The van der Waals surface area contributed by atoms with E-state index in [1.165, 1.54) is 6.20 Å². The third-order valence-corrected chi connectivity index (χ3v) is 3.86. The normalized spacial score (nSPS) is 10.8. The summed E-state index contributed by atoms with van der Waals surface area (Å²) < 4.78 is 14.4. The SMILES string of the molecule is CN(C)c1cnc2ccc(-c3nc(Nc4cc[c]cn4)ncc3F)cc2n1. The average Bonchev–Trinajstić information content (AvgIpc) is 2.69. The van der Waals surface area contributed by atoms with Crippen LogP contribution in [0.25, 0.3) is 22.3 Å². The van der Waals surface area contributed by atoms with Gasteiger partial charge in [0.05, 0.1) is 23.4 Å². The Hall–Kier alpha value is -3.68. The highest BCUT2D eigenvalue weighted by Crippen LogP contribution is 2.25. The van der Waals surface area contributed by atoms with Gasteiger partial charge in [0.2, 0.25) is 5.95 Å². The summed E-state index contributed by atoms with van der Waals surface area (Å²) in [6.07, 6.45) is 4.35. The first-order valence-electron chi connectivity index (χ1n) is 8.16. The zero-order valence-electron chi connectivity index (χ0n) is 14.7. The summed E-state index contributed by atoms with van der Waals surface area (Å²) in [4.78, 5) is 23.2. The Labute approximate surface area is 155 Å². The zero-order valence-corrected chi connectivity index (χ0v) is 14.7. The van der Waals surface area contributed by atoms with Gasteiger partial charge in [0.25, 0.3) is 0 Å². The van der Waals surface area contributed by atoms with Gasteiger partial charge in [0.1, 0.15) is 17.3 Å². The van der Waals surface area contributed by atoms with Gasteiger partial charge in [0.15, 0.2) is 5.82 Å². The Balaban J connectivity index is 1.74. The first kappa shape index (κ1) is 16.8. The molecule has 0 saturated heterocycles. The van der Waals surface area contributed by atoms with Crippen molar-refractivity contribution >= 4 is 28.6 Å². The maximum atomic E-state index is 14.4. The van der Waals surface area contributed by atoms with Crippen LogP contribution in [0.2, 0.25) is 0 Å². The van der Waals surface area contributed by atoms with Gasteiger partial charge in [-0.3, -0.25) is 4.98 Å². The fraction of sp³-hybridized carbons (Fsp3) is 0.105. The summed E-state index contributed by atoms with van der Waals surface area (Å²) in [7, 11) is 3.77. The average molecular weight is 360 g/mol. The zero-order chi connectivity index (χ0) is 18.8. The van der Waals surface area contributed by atoms with Crippen molar-refractivity contribution in [2.75, 3.05) is 24.3 Å². The second-order valence-electron chi connectivity index (χ2n) is 5.98. The van der Waals surface area contributed by atoms with Crippen LogP contribution in [0.5, 0.6) is 0 Å². The minimum absolute atomic E-state index is 0.175. The highest BCUT2D eigenvalue weighted by atomic mass is 19.1. The van der Waals surface area contributed by atoms with Gasteiger partial charge in [-0.05, 0) is 24.3 Å². The molecule has 0 aliphatic heterocycles. The number of fused-ring (bicyclic) bond motifs is 1. The molecule has 0 aliphatic carbocycles. The van der Waals surface area contributed by atoms with Gasteiger partial charge in [0, 0.05) is 31.9 Å². The third-order valence-electron chi connectivity index (χ3n) is 3.86. The number of hydrogen-bond acceptors (Lipinski definition) is 7. The molecule has 4 rings (SSSR count). The van der Waals surface area contributed by atoms with Crippen molar-refractivity contribution in [2.45, 2.75) is 0 Å². The smallest absolute Gasteiger partial charge is 0.229 e. The van der Waals surface area contributed by atoms with Crippen LogP contribution in [0, 0.1) is 11.9 Å². The molecule has 1 N–H and O–H groups in total. The molecule has 1 aromatic carbocycles. The van der Waals surface area contributed by atoms with Crippen LogP contribution in [-0.4, -0.2) is 39.0 Å². The van der Waals surface area contributed by atoms with E-state index in [1.54, 1.807) is 36.5 Å². The number of nitrogens with zero attached hydrogens (tertiary/aromatic N) is 6. The lowest BCUT2D eigenvalue weighted by Crippen LogP contribution is -2.10. The predicted molar refractivity (Wildman–Crippen MR) is 101 cm³/mol. The molecule has 3 heterocycles. The van der Waals surface area contributed by atoms with Gasteiger partial charge in [-0.1, -0.05) is 6.07 Å². The molecule has 0 spiro atoms. The molecule has 0 atom stereocenters. The van der Waals surface area contributed by atoms with Gasteiger partial charge < -0.3 is 10.2 Å². The summed E-state index contributed by atoms with van der Waals surface area (Å²) in [5, 5.41) is 2.95. The molecule has 27 heavy (non-hydrogen) atoms. The molecule has 0 fully saturated rings. The topological polar surface area (TPSA) is 79.7 Å². The van der Waals surface area contributed by atoms with E-state index in [0.29, 0.717) is 16.9 Å². The van der Waals surface area contributed by atoms with Gasteiger partial charge in [-0.15, -0.1) is 0 Å². The Bertz CT molecular complexity index is 1100. The molecule has 0 saturated carbocycles. The Morgan fingerprint density at radius 1 is 1.00 bits per heavy atom. The fourth-order valence-electron chi connectivity index (χ4n) is 2.50. The minimum atomic E-state index is -0.522. The first-order valence-corrected chi connectivity index (χ1v) is 8.16. The van der Waals surface area contributed by atoms with Crippen molar-refractivity contribution in [1.29, 1.82) is 0 Å². The molecule has 133 valence electrons. The molecule has 0 unspecified atom stereocenters. The number of hydrogen-bond donors (Lipinski definition) is 1. The van der Waals surface area contributed by atoms with E-state index in [9.17, 15) is 4.39 Å². The van der Waals surface area contributed by atoms with Crippen molar-refractivity contribution in [1.82, 2.24) is 24.9 Å². The number of halogens is 1. The maximum Gasteiger partial charge on any atom is 0.229 e. The molecule has 0 bridgehead atoms. The number of benzene rings is 1. The molecule has 3 aromatic heterocycles. The highest BCUT2D eigenvalue weighted by molar-refractivity contribution is 5.81. The number of nitrogens with one attached hydrogen (secondary N) is 1. The van der Waals surface area contributed by atoms with Gasteiger partial charge in [-0.25, -0.2) is 24.3 Å². The number of rotatable bonds is 4. The van der Waals surface area contributed by atoms with Crippen LogP contribution < -0.4 is 10.2 Å². The van der Waals surface area contributed by atoms with Crippen molar-refractivity contribution in [3.05, 3.63) is 60.8 Å². The second-order valence-corrected chi connectivity index (χ2v) is 5.98. The summed E-state index contributed by atoms with van der Waals surface area (Å²) in [6.45, 7) is 0. The van der Waals surface area contributed by atoms with Crippen molar-refractivity contribution in [3.8, 4) is 11.3 Å². The second kappa shape index (κ2) is 6.91. The molecular formula is C19H15FN7. The van der Waals surface area contributed by atoms with E-state index in [1.807, 2.05) is 19.0 Å². The lowest BCUT2D eigenvalue weighted by molar-refractivity contribution is 0.619. The van der Waals surface area contributed by atoms with Gasteiger partial charge >= 0.3 is 0 Å². The summed E-state index contributed by atoms with van der Waals surface area (Å²) in [5.74, 6) is 0.993. The maximum absolute atomic E-state index is 14.4. The van der Waals surface area contributed by atoms with E-state index in [-0.39, 0.29) is 11.6 Å². The molecule has 7 nitrogen and oxygen atoms in total. The standard InChI is InChI=1S/C19H15FN7/c1-27(2)17-11-22-14-7-6-12(9-15(14)24-17)18-13(20)10-23-19(26-18)25-16-5-3-4-8-21-16/h3,5-11H,1-2H3,(H,21,23,25,26). The third kappa shape index (κ3) is 3.50. The van der Waals surface area contributed by atoms with Crippen molar-refractivity contribution < 1.29 is 4.39 Å². The Morgan fingerprint density at radius 3 is 2.67 bits per heavy atom. The molecule has 0 amide bonds. The summed E-state index contributed by atoms with van der Waals surface area (Å²) in [6, 6.07) is 11.6. The first-order chi connectivity index (χ1) is 13.1. The molecule has 1 radical (unpaired) electrons. The predicted octanol–water partition coefficient (Wildman–Crippen LogP) is 3.23. The van der Waals surface area contributed by atoms with E-state index < -0.39 is 5.82 Å². The fourth-order valence-corrected chi connectivity index (χ4v) is 2.50. The number of aromatic nitrogens is 5. The van der Waals surface area contributed by atoms with E-state index >= 15 is 0 Å². The quantitative estimate of drug-likeness (QED) is 0.598. The van der Waals surface area contributed by atoms with Crippen LogP contribution >= 0.6 is 0 Å². The largest absolute Gasteiger partial charge is 0.361 e. The summed E-state index contributed by atoms with van der Waals surface area (Å²) in [5.41, 5.74) is 2.15. The Morgan fingerprint density at radius 2 is 1.89 bits per heavy atom. The summed E-state index contributed by atoms with van der Waals surface area (Å²) >= 11 is 0. The van der Waals surface area contributed by atoms with Crippen LogP contribution in [0.3, 0.4) is 0 Å². The van der Waals surface area contributed by atoms with E-state index in [4.69, 9.17) is 0 Å². The van der Waals surface area contributed by atoms with Crippen molar-refractivity contribution in [3.63, 3.8) is 0 Å². The molecule has 8 heteroatoms. The van der Waals surface area contributed by atoms with Crippen LogP contribution in [-0.2, 0) is 0 Å². The monoisotopic (exact) mass is 360 g/mol. The van der Waals surface area contributed by atoms with E-state index in [0.717, 1.165) is 17.5 Å². The molecule has 0 aliphatic rings. The molecule has 4 aromatic rings. The van der Waals surface area contributed by atoms with Crippen LogP contribution in [0.15, 0.2) is 48.9 Å². The highest BCUT2D eigenvalue weighted by Gasteiger charge is 2.12. The Kier molecular flexibility index (Phi) is 4.29. The van der Waals surface area contributed by atoms with E-state index in [2.05, 4.69) is 36.3 Å². The minimum Gasteiger partial charge on any atom is -0.361 e. The van der Waals surface area contributed by atoms with Crippen molar-refractivity contribution in [2.24, 2.45) is 0 Å².